The number of carbonyl (C=O) groups excluding carboxylic acids is 1. The van der Waals surface area contributed by atoms with Crippen molar-refractivity contribution in [3.05, 3.63) is 35.9 Å². The summed E-state index contributed by atoms with van der Waals surface area (Å²) >= 11 is 5.30. The Bertz CT molecular complexity index is 407. The minimum Gasteiger partial charge on any atom is -0.344 e. The van der Waals surface area contributed by atoms with E-state index in [0.717, 1.165) is 0 Å². The third-order valence-corrected chi connectivity index (χ3v) is 2.92. The highest BCUT2D eigenvalue weighted by Crippen LogP contribution is 2.06. The summed E-state index contributed by atoms with van der Waals surface area (Å²) in [5.74, 6) is -0.160. The minimum absolute atomic E-state index is 0.160. The van der Waals surface area contributed by atoms with Gasteiger partial charge < -0.3 is 4.90 Å². The number of carbonyl (C=O) groups is 1. The molecule has 0 saturated carbocycles. The van der Waals surface area contributed by atoms with Crippen LogP contribution in [0.3, 0.4) is 0 Å². The van der Waals surface area contributed by atoms with Gasteiger partial charge in [0, 0.05) is 17.6 Å². The second kappa shape index (κ2) is 6.50. The quantitative estimate of drug-likeness (QED) is 0.852. The van der Waals surface area contributed by atoms with Gasteiger partial charge in [-0.1, -0.05) is 18.2 Å². The monoisotopic (exact) mass is 264 g/mol. The third kappa shape index (κ3) is 3.81. The van der Waals surface area contributed by atoms with E-state index in [2.05, 4.69) is 33.0 Å². The molecule has 0 saturated heterocycles. The summed E-state index contributed by atoms with van der Waals surface area (Å²) < 4.78 is 0. The summed E-state index contributed by atoms with van der Waals surface area (Å²) in [6.45, 7) is 8.23. The fourth-order valence-electron chi connectivity index (χ4n) is 1.89. The first-order valence-corrected chi connectivity index (χ1v) is 6.53. The van der Waals surface area contributed by atoms with Gasteiger partial charge in [0.15, 0.2) is 5.11 Å². The fourth-order valence-corrected chi connectivity index (χ4v) is 2.40. The first-order chi connectivity index (χ1) is 8.43. The van der Waals surface area contributed by atoms with Gasteiger partial charge in [-0.3, -0.25) is 10.1 Å². The van der Waals surface area contributed by atoms with Crippen LogP contribution in [-0.4, -0.2) is 28.0 Å². The molecule has 0 atom stereocenters. The summed E-state index contributed by atoms with van der Waals surface area (Å²) in [6.07, 6.45) is 0. The predicted octanol–water partition coefficient (Wildman–Crippen LogP) is 2.82. The summed E-state index contributed by atoms with van der Waals surface area (Å²) in [6, 6.07) is 9.60. The van der Waals surface area contributed by atoms with Gasteiger partial charge in [-0.25, -0.2) is 0 Å². The van der Waals surface area contributed by atoms with Crippen LogP contribution >= 0.6 is 12.2 Å². The average Bonchev–Trinajstić information content (AvgIpc) is 2.28. The van der Waals surface area contributed by atoms with Gasteiger partial charge in [-0.2, -0.15) is 0 Å². The van der Waals surface area contributed by atoms with Crippen LogP contribution in [0.5, 0.6) is 0 Å². The van der Waals surface area contributed by atoms with E-state index in [1.54, 1.807) is 12.1 Å². The Labute approximate surface area is 114 Å². The Morgan fingerprint density at radius 3 is 2.06 bits per heavy atom. The van der Waals surface area contributed by atoms with E-state index in [4.69, 9.17) is 12.2 Å². The lowest BCUT2D eigenvalue weighted by Gasteiger charge is -2.33. The predicted molar refractivity (Wildman–Crippen MR) is 78.6 cm³/mol. The van der Waals surface area contributed by atoms with Crippen LogP contribution in [0.15, 0.2) is 30.3 Å². The lowest BCUT2D eigenvalue weighted by Crippen LogP contribution is -2.49. The highest BCUT2D eigenvalue weighted by molar-refractivity contribution is 7.80. The molecule has 18 heavy (non-hydrogen) atoms. The van der Waals surface area contributed by atoms with E-state index in [-0.39, 0.29) is 18.0 Å². The van der Waals surface area contributed by atoms with Gasteiger partial charge in [0.2, 0.25) is 0 Å². The van der Waals surface area contributed by atoms with Crippen molar-refractivity contribution in [3.63, 3.8) is 0 Å². The van der Waals surface area contributed by atoms with Crippen molar-refractivity contribution < 1.29 is 4.79 Å². The van der Waals surface area contributed by atoms with E-state index < -0.39 is 0 Å². The van der Waals surface area contributed by atoms with Crippen LogP contribution in [0.2, 0.25) is 0 Å². The number of hydrogen-bond donors (Lipinski definition) is 1. The lowest BCUT2D eigenvalue weighted by molar-refractivity contribution is 0.0971. The number of rotatable bonds is 3. The summed E-state index contributed by atoms with van der Waals surface area (Å²) in [7, 11) is 0. The third-order valence-electron chi connectivity index (χ3n) is 2.60. The topological polar surface area (TPSA) is 32.3 Å². The number of thiocarbonyl (C=S) groups is 1. The largest absolute Gasteiger partial charge is 0.344 e. The molecule has 3 nitrogen and oxygen atoms in total. The van der Waals surface area contributed by atoms with Crippen molar-refractivity contribution in [2.75, 3.05) is 0 Å². The molecule has 0 aliphatic heterocycles. The maximum Gasteiger partial charge on any atom is 0.257 e. The summed E-state index contributed by atoms with van der Waals surface area (Å²) in [5, 5.41) is 3.26. The molecule has 1 amide bonds. The van der Waals surface area contributed by atoms with Crippen LogP contribution in [0.4, 0.5) is 0 Å². The van der Waals surface area contributed by atoms with E-state index in [1.807, 2.05) is 23.1 Å². The fraction of sp³-hybridized carbons (Fsp3) is 0.429. The van der Waals surface area contributed by atoms with Crippen LogP contribution in [0.25, 0.3) is 0 Å². The Hall–Kier alpha value is -1.42. The van der Waals surface area contributed by atoms with Crippen molar-refractivity contribution in [2.24, 2.45) is 0 Å². The van der Waals surface area contributed by atoms with Gasteiger partial charge in [-0.15, -0.1) is 0 Å². The molecule has 1 aromatic rings. The van der Waals surface area contributed by atoms with Crippen molar-refractivity contribution in [2.45, 2.75) is 39.8 Å². The van der Waals surface area contributed by atoms with E-state index in [9.17, 15) is 4.79 Å². The zero-order valence-corrected chi connectivity index (χ0v) is 12.1. The van der Waals surface area contributed by atoms with Gasteiger partial charge in [0.05, 0.1) is 0 Å². The Morgan fingerprint density at radius 1 is 1.11 bits per heavy atom. The number of hydrogen-bond acceptors (Lipinski definition) is 2. The molecule has 0 bridgehead atoms. The molecule has 0 aromatic heterocycles. The first kappa shape index (κ1) is 14.6. The van der Waals surface area contributed by atoms with Crippen LogP contribution < -0.4 is 5.32 Å². The Morgan fingerprint density at radius 2 is 1.61 bits per heavy atom. The highest BCUT2D eigenvalue weighted by atomic mass is 32.1. The molecule has 98 valence electrons. The second-order valence-corrected chi connectivity index (χ2v) is 5.11. The first-order valence-electron chi connectivity index (χ1n) is 6.12. The van der Waals surface area contributed by atoms with Gasteiger partial charge in [-0.05, 0) is 52.0 Å². The van der Waals surface area contributed by atoms with Gasteiger partial charge in [0.25, 0.3) is 5.91 Å². The zero-order chi connectivity index (χ0) is 13.7. The number of amides is 1. The summed E-state index contributed by atoms with van der Waals surface area (Å²) in [5.41, 5.74) is 0.618. The number of benzene rings is 1. The normalized spacial score (nSPS) is 10.6. The molecular weight excluding hydrogens is 244 g/mol. The second-order valence-electron chi connectivity index (χ2n) is 4.72. The van der Waals surface area contributed by atoms with Crippen molar-refractivity contribution >= 4 is 23.2 Å². The molecule has 0 heterocycles. The van der Waals surface area contributed by atoms with E-state index >= 15 is 0 Å². The molecule has 1 rings (SSSR count). The number of nitrogens with zero attached hydrogens (tertiary/aromatic N) is 1. The van der Waals surface area contributed by atoms with Crippen molar-refractivity contribution in [3.8, 4) is 0 Å². The van der Waals surface area contributed by atoms with Crippen LogP contribution in [-0.2, 0) is 0 Å². The molecule has 0 spiro atoms. The number of nitrogens with one attached hydrogen (secondary N) is 1. The molecule has 0 fully saturated rings. The van der Waals surface area contributed by atoms with Crippen molar-refractivity contribution in [1.82, 2.24) is 10.2 Å². The zero-order valence-electron chi connectivity index (χ0n) is 11.3. The van der Waals surface area contributed by atoms with E-state index in [1.165, 1.54) is 0 Å². The molecule has 0 radical (unpaired) electrons. The standard InChI is InChI=1S/C14H20N2OS/c1-10(2)16(11(3)4)14(18)15-13(17)12-8-6-5-7-9-12/h5-11H,1-4H3,(H,15,17,18). The average molecular weight is 264 g/mol. The Kier molecular flexibility index (Phi) is 5.28. The smallest absolute Gasteiger partial charge is 0.257 e. The van der Waals surface area contributed by atoms with E-state index in [0.29, 0.717) is 10.7 Å². The van der Waals surface area contributed by atoms with Crippen LogP contribution in [0.1, 0.15) is 38.1 Å². The molecule has 4 heteroatoms. The minimum atomic E-state index is -0.160. The maximum absolute atomic E-state index is 12.0. The Balaban J connectivity index is 2.73. The SMILES string of the molecule is CC(C)N(C(=S)NC(=O)c1ccccc1)C(C)C. The molecule has 0 aliphatic rings. The van der Waals surface area contributed by atoms with Crippen molar-refractivity contribution in [1.29, 1.82) is 0 Å². The molecule has 0 aliphatic carbocycles. The molecule has 1 aromatic carbocycles. The summed E-state index contributed by atoms with van der Waals surface area (Å²) in [4.78, 5) is 14.0. The van der Waals surface area contributed by atoms with Crippen LogP contribution in [0, 0.1) is 0 Å². The van der Waals surface area contributed by atoms with Gasteiger partial charge >= 0.3 is 0 Å². The van der Waals surface area contributed by atoms with Gasteiger partial charge in [0.1, 0.15) is 0 Å². The lowest BCUT2D eigenvalue weighted by atomic mass is 10.2. The molecule has 1 N–H and O–H groups in total. The molecular formula is C14H20N2OS. The highest BCUT2D eigenvalue weighted by Gasteiger charge is 2.18. The molecule has 0 unspecified atom stereocenters. The maximum atomic E-state index is 12.0.